The number of carbonyl (C=O) groups is 1. The molecule has 2 aliphatic heterocycles. The molecular formula is C20H30N2O2. The normalized spacial score (nSPS) is 28.0. The van der Waals surface area contributed by atoms with E-state index in [1.165, 1.54) is 25.1 Å². The minimum Gasteiger partial charge on any atom is -0.368 e. The van der Waals surface area contributed by atoms with Crippen molar-refractivity contribution in [2.75, 3.05) is 19.7 Å². The first-order valence-corrected chi connectivity index (χ1v) is 9.29. The van der Waals surface area contributed by atoms with Gasteiger partial charge in [-0.25, -0.2) is 0 Å². The molecule has 0 radical (unpaired) electrons. The first kappa shape index (κ1) is 17.4. The number of nitrogens with zero attached hydrogens (tertiary/aromatic N) is 1. The number of ether oxygens (including phenoxy) is 1. The predicted molar refractivity (Wildman–Crippen MR) is 95.5 cm³/mol. The zero-order valence-electron chi connectivity index (χ0n) is 15.0. The SMILES string of the molecule is C[C@@H]1C[C@H](C)CN(Cc2ccc(CNC(=O)[C@@H]3CCCO3)cc2)C1. The molecule has 132 valence electrons. The van der Waals surface area contributed by atoms with Crippen LogP contribution in [0.1, 0.15) is 44.2 Å². The van der Waals surface area contributed by atoms with Gasteiger partial charge in [-0.2, -0.15) is 0 Å². The standard InChI is InChI=1S/C20H30N2O2/c1-15-10-16(2)13-22(12-15)14-18-7-5-17(6-8-18)11-21-20(23)19-4-3-9-24-19/h5-8,15-16,19H,3-4,9-14H2,1-2H3,(H,21,23)/t15-,16+,19-/m0/s1. The van der Waals surface area contributed by atoms with E-state index in [1.807, 2.05) is 0 Å². The molecule has 0 aliphatic carbocycles. The van der Waals surface area contributed by atoms with Gasteiger partial charge in [0, 0.05) is 32.8 Å². The molecule has 3 rings (SSSR count). The number of piperidine rings is 1. The number of rotatable bonds is 5. The summed E-state index contributed by atoms with van der Waals surface area (Å²) in [6.45, 7) is 9.41. The van der Waals surface area contributed by atoms with Gasteiger partial charge in [-0.15, -0.1) is 0 Å². The van der Waals surface area contributed by atoms with E-state index in [0.29, 0.717) is 13.2 Å². The second-order valence-corrected chi connectivity index (χ2v) is 7.68. The summed E-state index contributed by atoms with van der Waals surface area (Å²) >= 11 is 0. The molecule has 24 heavy (non-hydrogen) atoms. The van der Waals surface area contributed by atoms with Crippen LogP contribution < -0.4 is 5.32 Å². The molecule has 4 heteroatoms. The smallest absolute Gasteiger partial charge is 0.249 e. The number of likely N-dealkylation sites (tertiary alicyclic amines) is 1. The summed E-state index contributed by atoms with van der Waals surface area (Å²) in [5, 5.41) is 2.98. The highest BCUT2D eigenvalue weighted by molar-refractivity contribution is 5.80. The summed E-state index contributed by atoms with van der Waals surface area (Å²) in [7, 11) is 0. The van der Waals surface area contributed by atoms with E-state index >= 15 is 0 Å². The quantitative estimate of drug-likeness (QED) is 0.902. The van der Waals surface area contributed by atoms with Crippen LogP contribution in [-0.2, 0) is 22.6 Å². The van der Waals surface area contributed by atoms with Crippen LogP contribution >= 0.6 is 0 Å². The van der Waals surface area contributed by atoms with E-state index in [1.54, 1.807) is 0 Å². The predicted octanol–water partition coefficient (Wildman–Crippen LogP) is 2.96. The molecule has 0 unspecified atom stereocenters. The van der Waals surface area contributed by atoms with Gasteiger partial charge in [0.2, 0.25) is 5.91 Å². The number of amides is 1. The summed E-state index contributed by atoms with van der Waals surface area (Å²) in [6, 6.07) is 8.64. The molecule has 0 saturated carbocycles. The minimum atomic E-state index is -0.243. The summed E-state index contributed by atoms with van der Waals surface area (Å²) < 4.78 is 5.41. The number of benzene rings is 1. The van der Waals surface area contributed by atoms with Crippen molar-refractivity contribution in [3.05, 3.63) is 35.4 Å². The number of hydrogen-bond donors (Lipinski definition) is 1. The van der Waals surface area contributed by atoms with E-state index in [2.05, 4.69) is 48.3 Å². The van der Waals surface area contributed by atoms with E-state index in [-0.39, 0.29) is 12.0 Å². The fourth-order valence-electron chi connectivity index (χ4n) is 4.03. The molecule has 1 aromatic carbocycles. The number of hydrogen-bond acceptors (Lipinski definition) is 3. The van der Waals surface area contributed by atoms with Gasteiger partial charge in [0.15, 0.2) is 0 Å². The maximum atomic E-state index is 12.0. The topological polar surface area (TPSA) is 41.6 Å². The summed E-state index contributed by atoms with van der Waals surface area (Å²) in [5.41, 5.74) is 2.50. The highest BCUT2D eigenvalue weighted by Gasteiger charge is 2.23. The molecule has 0 bridgehead atoms. The van der Waals surface area contributed by atoms with Crippen molar-refractivity contribution in [3.63, 3.8) is 0 Å². The largest absolute Gasteiger partial charge is 0.368 e. The van der Waals surface area contributed by atoms with E-state index in [0.717, 1.165) is 36.8 Å². The van der Waals surface area contributed by atoms with E-state index in [9.17, 15) is 4.79 Å². The summed E-state index contributed by atoms with van der Waals surface area (Å²) in [5.74, 6) is 1.61. The van der Waals surface area contributed by atoms with Gasteiger partial charge in [0.05, 0.1) is 0 Å². The molecule has 1 amide bonds. The lowest BCUT2D eigenvalue weighted by molar-refractivity contribution is -0.130. The van der Waals surface area contributed by atoms with E-state index < -0.39 is 0 Å². The van der Waals surface area contributed by atoms with Gasteiger partial charge in [0.25, 0.3) is 0 Å². The molecular weight excluding hydrogens is 300 g/mol. The summed E-state index contributed by atoms with van der Waals surface area (Å²) in [4.78, 5) is 14.5. The highest BCUT2D eigenvalue weighted by atomic mass is 16.5. The lowest BCUT2D eigenvalue weighted by Crippen LogP contribution is -2.38. The molecule has 2 heterocycles. The first-order valence-electron chi connectivity index (χ1n) is 9.29. The van der Waals surface area contributed by atoms with E-state index in [4.69, 9.17) is 4.74 Å². The first-order chi connectivity index (χ1) is 11.6. The van der Waals surface area contributed by atoms with Crippen molar-refractivity contribution in [2.24, 2.45) is 11.8 Å². The van der Waals surface area contributed by atoms with Crippen molar-refractivity contribution in [1.29, 1.82) is 0 Å². The van der Waals surface area contributed by atoms with Gasteiger partial charge in [-0.3, -0.25) is 9.69 Å². The van der Waals surface area contributed by atoms with Gasteiger partial charge in [-0.1, -0.05) is 38.1 Å². The number of nitrogens with one attached hydrogen (secondary N) is 1. The third-order valence-corrected chi connectivity index (χ3v) is 5.06. The van der Waals surface area contributed by atoms with Crippen molar-refractivity contribution in [1.82, 2.24) is 10.2 Å². The van der Waals surface area contributed by atoms with Gasteiger partial charge >= 0.3 is 0 Å². The number of carbonyl (C=O) groups excluding carboxylic acids is 1. The maximum absolute atomic E-state index is 12.0. The molecule has 3 atom stereocenters. The Morgan fingerprint density at radius 2 is 1.83 bits per heavy atom. The Morgan fingerprint density at radius 1 is 1.17 bits per heavy atom. The van der Waals surface area contributed by atoms with Crippen LogP contribution in [-0.4, -0.2) is 36.6 Å². The van der Waals surface area contributed by atoms with Crippen LogP contribution in [0.5, 0.6) is 0 Å². The van der Waals surface area contributed by atoms with Crippen LogP contribution in [0.3, 0.4) is 0 Å². The van der Waals surface area contributed by atoms with Gasteiger partial charge in [-0.05, 0) is 42.2 Å². The van der Waals surface area contributed by atoms with Crippen LogP contribution in [0.2, 0.25) is 0 Å². The van der Waals surface area contributed by atoms with Crippen molar-refractivity contribution in [2.45, 2.75) is 52.3 Å². The molecule has 2 saturated heterocycles. The monoisotopic (exact) mass is 330 g/mol. The maximum Gasteiger partial charge on any atom is 0.249 e. The Morgan fingerprint density at radius 3 is 2.46 bits per heavy atom. The zero-order chi connectivity index (χ0) is 16.9. The minimum absolute atomic E-state index is 0.0212. The lowest BCUT2D eigenvalue weighted by atomic mass is 9.91. The Kier molecular flexibility index (Phi) is 5.90. The fraction of sp³-hybridized carbons (Fsp3) is 0.650. The van der Waals surface area contributed by atoms with Crippen LogP contribution in [0.25, 0.3) is 0 Å². The van der Waals surface area contributed by atoms with Crippen LogP contribution in [0.15, 0.2) is 24.3 Å². The second kappa shape index (κ2) is 8.13. The zero-order valence-corrected chi connectivity index (χ0v) is 15.0. The van der Waals surface area contributed by atoms with Crippen molar-refractivity contribution >= 4 is 5.91 Å². The van der Waals surface area contributed by atoms with Crippen molar-refractivity contribution < 1.29 is 9.53 Å². The Balaban J connectivity index is 1.47. The summed E-state index contributed by atoms with van der Waals surface area (Å²) in [6.07, 6.45) is 2.94. The molecule has 2 aliphatic rings. The third-order valence-electron chi connectivity index (χ3n) is 5.06. The second-order valence-electron chi connectivity index (χ2n) is 7.68. The van der Waals surface area contributed by atoms with Gasteiger partial charge in [0.1, 0.15) is 6.10 Å². The Bertz CT molecular complexity index is 527. The van der Waals surface area contributed by atoms with Crippen LogP contribution in [0, 0.1) is 11.8 Å². The molecule has 1 aromatic rings. The average Bonchev–Trinajstić information content (AvgIpc) is 3.07. The van der Waals surface area contributed by atoms with Crippen LogP contribution in [0.4, 0.5) is 0 Å². The lowest BCUT2D eigenvalue weighted by Gasteiger charge is -2.35. The van der Waals surface area contributed by atoms with Crippen molar-refractivity contribution in [3.8, 4) is 0 Å². The third kappa shape index (κ3) is 4.81. The fourth-order valence-corrected chi connectivity index (χ4v) is 4.03. The molecule has 4 nitrogen and oxygen atoms in total. The highest BCUT2D eigenvalue weighted by Crippen LogP contribution is 2.22. The molecule has 0 aromatic heterocycles. The Hall–Kier alpha value is -1.39. The molecule has 2 fully saturated rings. The molecule has 1 N–H and O–H groups in total. The Labute approximate surface area is 145 Å². The molecule has 0 spiro atoms. The van der Waals surface area contributed by atoms with Gasteiger partial charge < -0.3 is 10.1 Å². The average molecular weight is 330 g/mol.